The molecular formula is C21H27N3O4S. The number of carbonyl (C=O) groups is 1. The molecule has 1 heterocycles. The Balaban J connectivity index is 1.68. The van der Waals surface area contributed by atoms with Crippen molar-refractivity contribution in [2.75, 3.05) is 44.5 Å². The second-order valence-corrected chi connectivity index (χ2v) is 9.12. The van der Waals surface area contributed by atoms with Gasteiger partial charge in [0.25, 0.3) is 0 Å². The zero-order valence-electron chi connectivity index (χ0n) is 16.7. The molecule has 1 fully saturated rings. The van der Waals surface area contributed by atoms with E-state index >= 15 is 0 Å². The van der Waals surface area contributed by atoms with Gasteiger partial charge < -0.3 is 15.0 Å². The lowest BCUT2D eigenvalue weighted by atomic mass is 10.1. The summed E-state index contributed by atoms with van der Waals surface area (Å²) in [5, 5.41) is 2.87. The summed E-state index contributed by atoms with van der Waals surface area (Å²) in [5.74, 6) is -0.360. The third-order valence-corrected chi connectivity index (χ3v) is 6.29. The van der Waals surface area contributed by atoms with E-state index in [9.17, 15) is 13.2 Å². The molecule has 1 unspecified atom stereocenters. The summed E-state index contributed by atoms with van der Waals surface area (Å²) in [5.41, 5.74) is 2.70. The molecule has 156 valence electrons. The number of benzene rings is 2. The van der Waals surface area contributed by atoms with Crippen LogP contribution in [0.15, 0.2) is 54.6 Å². The van der Waals surface area contributed by atoms with E-state index in [2.05, 4.69) is 10.2 Å². The predicted molar refractivity (Wildman–Crippen MR) is 113 cm³/mol. The van der Waals surface area contributed by atoms with E-state index in [0.717, 1.165) is 48.1 Å². The first kappa shape index (κ1) is 21.3. The molecule has 8 heteroatoms. The number of nitrogens with zero attached hydrogens (tertiary/aromatic N) is 2. The van der Waals surface area contributed by atoms with E-state index in [-0.39, 0.29) is 5.91 Å². The molecule has 1 atom stereocenters. The molecule has 0 aliphatic carbocycles. The highest BCUT2D eigenvalue weighted by molar-refractivity contribution is 7.88. The largest absolute Gasteiger partial charge is 0.378 e. The van der Waals surface area contributed by atoms with Gasteiger partial charge in [-0.3, -0.25) is 4.79 Å². The Kier molecular flexibility index (Phi) is 6.89. The second-order valence-electron chi connectivity index (χ2n) is 7.08. The molecule has 0 saturated carbocycles. The van der Waals surface area contributed by atoms with Crippen molar-refractivity contribution in [2.24, 2.45) is 0 Å². The molecular weight excluding hydrogens is 390 g/mol. The van der Waals surface area contributed by atoms with Gasteiger partial charge in [-0.1, -0.05) is 42.5 Å². The number of amides is 1. The van der Waals surface area contributed by atoms with Gasteiger partial charge in [0, 0.05) is 32.4 Å². The number of anilines is 1. The first-order valence-electron chi connectivity index (χ1n) is 9.53. The molecule has 0 spiro atoms. The summed E-state index contributed by atoms with van der Waals surface area (Å²) in [7, 11) is -2.12. The van der Waals surface area contributed by atoms with Crippen LogP contribution in [0.5, 0.6) is 0 Å². The molecule has 0 bridgehead atoms. The van der Waals surface area contributed by atoms with E-state index in [1.165, 1.54) is 7.05 Å². The van der Waals surface area contributed by atoms with Crippen molar-refractivity contribution in [2.45, 2.75) is 12.6 Å². The van der Waals surface area contributed by atoms with Crippen LogP contribution in [-0.4, -0.2) is 58.2 Å². The van der Waals surface area contributed by atoms with Crippen LogP contribution in [0, 0.1) is 0 Å². The number of carbonyl (C=O) groups excluding carboxylic acids is 1. The summed E-state index contributed by atoms with van der Waals surface area (Å²) in [6.45, 7) is 3.52. The van der Waals surface area contributed by atoms with Crippen LogP contribution in [-0.2, 0) is 26.1 Å². The van der Waals surface area contributed by atoms with Crippen LogP contribution in [0.25, 0.3) is 0 Å². The lowest BCUT2D eigenvalue weighted by molar-refractivity contribution is -0.124. The van der Waals surface area contributed by atoms with Gasteiger partial charge in [0.1, 0.15) is 6.04 Å². The van der Waals surface area contributed by atoms with Crippen molar-refractivity contribution in [3.05, 3.63) is 65.7 Å². The maximum Gasteiger partial charge on any atom is 0.243 e. The number of rotatable bonds is 7. The van der Waals surface area contributed by atoms with Gasteiger partial charge in [0.15, 0.2) is 0 Å². The van der Waals surface area contributed by atoms with Crippen LogP contribution in [0.2, 0.25) is 0 Å². The first-order valence-corrected chi connectivity index (χ1v) is 11.4. The zero-order valence-corrected chi connectivity index (χ0v) is 17.6. The summed E-state index contributed by atoms with van der Waals surface area (Å²) in [4.78, 5) is 15.1. The number of hydrogen-bond donors (Lipinski definition) is 1. The third-order valence-electron chi connectivity index (χ3n) is 5.03. The number of nitrogens with one attached hydrogen (secondary N) is 1. The number of morpholine rings is 1. The fourth-order valence-corrected chi connectivity index (χ4v) is 3.89. The van der Waals surface area contributed by atoms with Crippen molar-refractivity contribution in [3.8, 4) is 0 Å². The molecule has 1 N–H and O–H groups in total. The lowest BCUT2D eigenvalue weighted by Crippen LogP contribution is -2.41. The van der Waals surface area contributed by atoms with Crippen LogP contribution in [0.1, 0.15) is 17.2 Å². The number of hydrogen-bond acceptors (Lipinski definition) is 5. The standard InChI is InChI=1S/C21H27N3O4S/c1-23(29(2,26)27)20(18-6-4-3-5-7-18)21(25)22-16-17-8-10-19(11-9-17)24-12-14-28-15-13-24/h3-11,20H,12-16H2,1-2H3,(H,22,25). The Bertz CT molecular complexity index is 911. The van der Waals surface area contributed by atoms with Gasteiger partial charge >= 0.3 is 0 Å². The molecule has 0 radical (unpaired) electrons. The summed E-state index contributed by atoms with van der Waals surface area (Å²) in [6.07, 6.45) is 1.10. The topological polar surface area (TPSA) is 79.0 Å². The maximum atomic E-state index is 12.9. The Hall–Kier alpha value is -2.42. The minimum atomic E-state index is -3.54. The average Bonchev–Trinajstić information content (AvgIpc) is 2.73. The summed E-state index contributed by atoms with van der Waals surface area (Å²) < 4.78 is 30.6. The lowest BCUT2D eigenvalue weighted by Gasteiger charge is -2.29. The van der Waals surface area contributed by atoms with Crippen LogP contribution < -0.4 is 10.2 Å². The van der Waals surface area contributed by atoms with Crippen molar-refractivity contribution in [3.63, 3.8) is 0 Å². The molecule has 1 aliphatic heterocycles. The van der Waals surface area contributed by atoms with E-state index < -0.39 is 16.1 Å². The second kappa shape index (κ2) is 9.39. The Morgan fingerprint density at radius 2 is 1.72 bits per heavy atom. The third kappa shape index (κ3) is 5.56. The van der Waals surface area contributed by atoms with Gasteiger partial charge in [-0.2, -0.15) is 4.31 Å². The van der Waals surface area contributed by atoms with Crippen molar-refractivity contribution in [1.82, 2.24) is 9.62 Å². The molecule has 29 heavy (non-hydrogen) atoms. The van der Waals surface area contributed by atoms with E-state index in [4.69, 9.17) is 4.74 Å². The summed E-state index contributed by atoms with van der Waals surface area (Å²) >= 11 is 0. The molecule has 3 rings (SSSR count). The van der Waals surface area contributed by atoms with Gasteiger partial charge in [-0.25, -0.2) is 8.42 Å². The van der Waals surface area contributed by atoms with Gasteiger partial charge in [-0.05, 0) is 23.3 Å². The molecule has 2 aromatic carbocycles. The quantitative estimate of drug-likeness (QED) is 0.743. The average molecular weight is 418 g/mol. The fraction of sp³-hybridized carbons (Fsp3) is 0.381. The monoisotopic (exact) mass is 417 g/mol. The molecule has 7 nitrogen and oxygen atoms in total. The maximum absolute atomic E-state index is 12.9. The molecule has 1 aliphatic rings. The molecule has 1 saturated heterocycles. The normalized spacial score (nSPS) is 15.9. The smallest absolute Gasteiger partial charge is 0.243 e. The Morgan fingerprint density at radius 3 is 2.31 bits per heavy atom. The van der Waals surface area contributed by atoms with E-state index in [1.54, 1.807) is 24.3 Å². The predicted octanol–water partition coefficient (Wildman–Crippen LogP) is 1.77. The fourth-order valence-electron chi connectivity index (χ4n) is 3.29. The first-order chi connectivity index (χ1) is 13.9. The van der Waals surface area contributed by atoms with Crippen LogP contribution in [0.3, 0.4) is 0 Å². The van der Waals surface area contributed by atoms with Gasteiger partial charge in [-0.15, -0.1) is 0 Å². The van der Waals surface area contributed by atoms with Crippen molar-refractivity contribution >= 4 is 21.6 Å². The number of ether oxygens (including phenoxy) is 1. The van der Waals surface area contributed by atoms with Gasteiger partial charge in [0.05, 0.1) is 19.5 Å². The van der Waals surface area contributed by atoms with Gasteiger partial charge in [0.2, 0.25) is 15.9 Å². The van der Waals surface area contributed by atoms with Crippen molar-refractivity contribution in [1.29, 1.82) is 0 Å². The van der Waals surface area contributed by atoms with Crippen molar-refractivity contribution < 1.29 is 17.9 Å². The highest BCUT2D eigenvalue weighted by Crippen LogP contribution is 2.22. The summed E-state index contributed by atoms with van der Waals surface area (Å²) in [6, 6.07) is 16.0. The highest BCUT2D eigenvalue weighted by atomic mass is 32.2. The van der Waals surface area contributed by atoms with E-state index in [0.29, 0.717) is 12.1 Å². The minimum absolute atomic E-state index is 0.323. The number of likely N-dealkylation sites (N-methyl/N-ethyl adjacent to an activating group) is 1. The highest BCUT2D eigenvalue weighted by Gasteiger charge is 2.30. The van der Waals surface area contributed by atoms with Crippen LogP contribution >= 0.6 is 0 Å². The minimum Gasteiger partial charge on any atom is -0.378 e. The van der Waals surface area contributed by atoms with E-state index in [1.807, 2.05) is 30.3 Å². The van der Waals surface area contributed by atoms with Crippen LogP contribution in [0.4, 0.5) is 5.69 Å². The Morgan fingerprint density at radius 1 is 1.10 bits per heavy atom. The SMILES string of the molecule is CN(C(C(=O)NCc1ccc(N2CCOCC2)cc1)c1ccccc1)S(C)(=O)=O. The zero-order chi connectivity index (χ0) is 20.9. The Labute approximate surface area is 172 Å². The molecule has 0 aromatic heterocycles. The molecule has 2 aromatic rings. The molecule has 1 amide bonds. The number of sulfonamides is 1.